The lowest BCUT2D eigenvalue weighted by Crippen LogP contribution is -2.55. The van der Waals surface area contributed by atoms with Crippen LogP contribution in [-0.4, -0.2) is 68.6 Å². The number of carbonyl (C=O) groups is 3. The normalized spacial score (nSPS) is 32.3. The number of aliphatic hydroxyl groups is 1. The molecule has 1 amide bonds. The van der Waals surface area contributed by atoms with Crippen LogP contribution in [0.2, 0.25) is 0 Å². The molecule has 0 bridgehead atoms. The summed E-state index contributed by atoms with van der Waals surface area (Å²) in [5.74, 6) is -2.39. The number of amides is 1. The first-order chi connectivity index (χ1) is 14.1. The molecule has 2 fully saturated rings. The Kier molecular flexibility index (Phi) is 5.41. The highest BCUT2D eigenvalue weighted by Crippen LogP contribution is 2.52. The highest BCUT2D eigenvalue weighted by molar-refractivity contribution is 5.90. The Bertz CT molecular complexity index is 861. The first-order valence-electron chi connectivity index (χ1n) is 10.4. The minimum Gasteiger partial charge on any atom is -0.487 e. The van der Waals surface area contributed by atoms with Gasteiger partial charge in [0.05, 0.1) is 6.10 Å². The Morgan fingerprint density at radius 1 is 1.06 bits per heavy atom. The summed E-state index contributed by atoms with van der Waals surface area (Å²) >= 11 is 0. The summed E-state index contributed by atoms with van der Waals surface area (Å²) in [6, 6.07) is 0. The Hall–Kier alpha value is -2.55. The fourth-order valence-electron chi connectivity index (χ4n) is 4.41. The first kappa shape index (κ1) is 23.1. The van der Waals surface area contributed by atoms with Gasteiger partial charge in [-0.15, -0.1) is 0 Å². The number of rotatable bonds is 2. The number of hydrogen-bond donors (Lipinski definition) is 3. The van der Waals surface area contributed by atoms with Crippen LogP contribution in [0.4, 0.5) is 4.79 Å². The van der Waals surface area contributed by atoms with Gasteiger partial charge >= 0.3 is 18.0 Å². The van der Waals surface area contributed by atoms with Crippen molar-refractivity contribution in [2.75, 3.05) is 13.1 Å². The minimum absolute atomic E-state index is 0.202. The molecule has 31 heavy (non-hydrogen) atoms. The van der Waals surface area contributed by atoms with E-state index in [0.717, 1.165) is 0 Å². The Balaban J connectivity index is 1.84. The number of piperidine rings is 1. The Morgan fingerprint density at radius 2 is 1.58 bits per heavy atom. The fourth-order valence-corrected chi connectivity index (χ4v) is 4.41. The van der Waals surface area contributed by atoms with E-state index < -0.39 is 46.2 Å². The van der Waals surface area contributed by atoms with Crippen LogP contribution in [0.3, 0.4) is 0 Å². The van der Waals surface area contributed by atoms with Gasteiger partial charge in [-0.1, -0.05) is 6.08 Å². The molecule has 3 rings (SSSR count). The summed E-state index contributed by atoms with van der Waals surface area (Å²) in [4.78, 5) is 37.9. The number of carboxylic acid groups (broad SMARTS) is 2. The monoisotopic (exact) mass is 437 g/mol. The zero-order chi connectivity index (χ0) is 23.4. The third kappa shape index (κ3) is 3.91. The van der Waals surface area contributed by atoms with Crippen LogP contribution in [0, 0.1) is 10.8 Å². The second-order valence-corrected chi connectivity index (χ2v) is 10.1. The van der Waals surface area contributed by atoms with Gasteiger partial charge < -0.3 is 29.7 Å². The summed E-state index contributed by atoms with van der Waals surface area (Å²) in [7, 11) is 0. The summed E-state index contributed by atoms with van der Waals surface area (Å²) in [5, 5.41) is 30.4. The van der Waals surface area contributed by atoms with Gasteiger partial charge in [0.25, 0.3) is 0 Å². The van der Waals surface area contributed by atoms with E-state index >= 15 is 0 Å². The van der Waals surface area contributed by atoms with E-state index in [-0.39, 0.29) is 12.2 Å². The van der Waals surface area contributed by atoms with Crippen LogP contribution in [-0.2, 0) is 19.1 Å². The van der Waals surface area contributed by atoms with Crippen molar-refractivity contribution in [3.8, 4) is 0 Å². The number of likely N-dealkylation sites (tertiary alicyclic amines) is 1. The molecular formula is C22H31NO8. The lowest BCUT2D eigenvalue weighted by molar-refractivity contribution is -0.164. The van der Waals surface area contributed by atoms with Gasteiger partial charge in [-0.05, 0) is 40.7 Å². The van der Waals surface area contributed by atoms with E-state index in [1.54, 1.807) is 25.7 Å². The van der Waals surface area contributed by atoms with Crippen LogP contribution in [0.1, 0.15) is 53.9 Å². The summed E-state index contributed by atoms with van der Waals surface area (Å²) in [6.07, 6.45) is 2.33. The van der Waals surface area contributed by atoms with Crippen molar-refractivity contribution in [3.05, 3.63) is 23.5 Å². The summed E-state index contributed by atoms with van der Waals surface area (Å²) in [5.41, 5.74) is -4.57. The van der Waals surface area contributed by atoms with Gasteiger partial charge in [-0.2, -0.15) is 0 Å². The fraction of sp³-hybridized carbons (Fsp3) is 0.682. The lowest BCUT2D eigenvalue weighted by atomic mass is 9.60. The van der Waals surface area contributed by atoms with E-state index in [9.17, 15) is 29.7 Å². The van der Waals surface area contributed by atoms with Gasteiger partial charge in [0.1, 0.15) is 27.8 Å². The number of ether oxygens (including phenoxy) is 2. The molecule has 2 saturated heterocycles. The largest absolute Gasteiger partial charge is 0.487 e. The van der Waals surface area contributed by atoms with Crippen LogP contribution in [0.5, 0.6) is 0 Å². The van der Waals surface area contributed by atoms with Gasteiger partial charge in [0, 0.05) is 37.9 Å². The first-order valence-corrected chi connectivity index (χ1v) is 10.4. The molecule has 0 aromatic rings. The molecular weight excluding hydrogens is 406 g/mol. The maximum absolute atomic E-state index is 12.3. The molecule has 2 aliphatic heterocycles. The standard InChI is InChI=1S/C22H31NO8/c1-19(2,3)31-18(29)23-8-6-22(7-9-23)11-14(24)13-10-20(4,16(25)26)21(5,17(27)28)12-15(13)30-22/h10,12,14,24H,6-9,11H2,1-5H3,(H,25,26)(H,27,28). The smallest absolute Gasteiger partial charge is 0.410 e. The highest BCUT2D eigenvalue weighted by Gasteiger charge is 2.58. The molecule has 3 atom stereocenters. The van der Waals surface area contributed by atoms with Crippen molar-refractivity contribution in [1.29, 1.82) is 0 Å². The number of aliphatic carboxylic acids is 2. The lowest BCUT2D eigenvalue weighted by Gasteiger charge is -2.50. The molecule has 0 aromatic carbocycles. The van der Waals surface area contributed by atoms with Crippen LogP contribution in [0.25, 0.3) is 0 Å². The molecule has 0 aromatic heterocycles. The predicted molar refractivity (Wildman–Crippen MR) is 109 cm³/mol. The molecule has 9 nitrogen and oxygen atoms in total. The van der Waals surface area contributed by atoms with Gasteiger partial charge in [0.2, 0.25) is 0 Å². The number of carbonyl (C=O) groups excluding carboxylic acids is 1. The SMILES string of the molecule is CC(C)(C)OC(=O)N1CCC2(CC1)CC(O)C1=CC(C)(C(=O)O)C(C)(C(=O)O)C=C1O2. The van der Waals surface area contributed by atoms with E-state index in [4.69, 9.17) is 9.47 Å². The maximum atomic E-state index is 12.3. The number of hydrogen-bond acceptors (Lipinski definition) is 6. The average molecular weight is 437 g/mol. The molecule has 3 unspecified atom stereocenters. The van der Waals surface area contributed by atoms with E-state index in [1.807, 2.05) is 0 Å². The van der Waals surface area contributed by atoms with E-state index in [2.05, 4.69) is 0 Å². The van der Waals surface area contributed by atoms with Crippen molar-refractivity contribution in [3.63, 3.8) is 0 Å². The quantitative estimate of drug-likeness (QED) is 0.600. The second kappa shape index (κ2) is 7.25. The Morgan fingerprint density at radius 3 is 2.06 bits per heavy atom. The molecule has 172 valence electrons. The third-order valence-corrected chi connectivity index (χ3v) is 6.69. The number of carboxylic acids is 2. The zero-order valence-electron chi connectivity index (χ0n) is 18.6. The molecule has 9 heteroatoms. The predicted octanol–water partition coefficient (Wildman–Crippen LogP) is 2.54. The molecule has 2 heterocycles. The van der Waals surface area contributed by atoms with Crippen molar-refractivity contribution >= 4 is 18.0 Å². The zero-order valence-corrected chi connectivity index (χ0v) is 18.6. The summed E-state index contributed by atoms with van der Waals surface area (Å²) in [6.45, 7) is 8.81. The molecule has 3 aliphatic rings. The molecule has 1 aliphatic carbocycles. The number of fused-ring (bicyclic) bond motifs is 1. The van der Waals surface area contributed by atoms with Crippen molar-refractivity contribution < 1.29 is 39.2 Å². The van der Waals surface area contributed by atoms with E-state index in [0.29, 0.717) is 31.5 Å². The second-order valence-electron chi connectivity index (χ2n) is 10.1. The van der Waals surface area contributed by atoms with Crippen LogP contribution in [0.15, 0.2) is 23.5 Å². The number of aliphatic hydroxyl groups excluding tert-OH is 1. The topological polar surface area (TPSA) is 134 Å². The number of nitrogens with zero attached hydrogens (tertiary/aromatic N) is 1. The van der Waals surface area contributed by atoms with Gasteiger partial charge in [-0.3, -0.25) is 9.59 Å². The van der Waals surface area contributed by atoms with Gasteiger partial charge in [0.15, 0.2) is 0 Å². The molecule has 0 radical (unpaired) electrons. The third-order valence-electron chi connectivity index (χ3n) is 6.69. The van der Waals surface area contributed by atoms with Gasteiger partial charge in [-0.25, -0.2) is 4.79 Å². The van der Waals surface area contributed by atoms with Crippen LogP contribution >= 0.6 is 0 Å². The van der Waals surface area contributed by atoms with Crippen molar-refractivity contribution in [2.45, 2.75) is 71.2 Å². The van der Waals surface area contributed by atoms with Crippen LogP contribution < -0.4 is 0 Å². The van der Waals surface area contributed by atoms with Crippen molar-refractivity contribution in [1.82, 2.24) is 4.90 Å². The highest BCUT2D eigenvalue weighted by atomic mass is 16.6. The Labute approximate surface area is 181 Å². The molecule has 1 spiro atoms. The summed E-state index contributed by atoms with van der Waals surface area (Å²) < 4.78 is 11.6. The molecule has 0 saturated carbocycles. The maximum Gasteiger partial charge on any atom is 0.410 e. The van der Waals surface area contributed by atoms with Crippen molar-refractivity contribution in [2.24, 2.45) is 10.8 Å². The average Bonchev–Trinajstić information content (AvgIpc) is 2.62. The van der Waals surface area contributed by atoms with E-state index in [1.165, 1.54) is 26.0 Å². The minimum atomic E-state index is -1.76. The molecule has 3 N–H and O–H groups in total.